The summed E-state index contributed by atoms with van der Waals surface area (Å²) < 4.78 is 14.1. The lowest BCUT2D eigenvalue weighted by Crippen LogP contribution is -2.50. The monoisotopic (exact) mass is 231 g/mol. The Morgan fingerprint density at radius 1 is 1.62 bits per heavy atom. The summed E-state index contributed by atoms with van der Waals surface area (Å²) >= 11 is 0. The minimum atomic E-state index is -2.72. The Labute approximate surface area is 90.0 Å². The van der Waals surface area contributed by atoms with Crippen LogP contribution >= 0.6 is 0 Å². The van der Waals surface area contributed by atoms with Crippen LogP contribution in [0.2, 0.25) is 0 Å². The molecular weight excluding hydrogens is 221 g/mol. The topological polar surface area (TPSA) is 94.9 Å². The molecule has 1 amide bonds. The van der Waals surface area contributed by atoms with Crippen LogP contribution in [0.15, 0.2) is 12.7 Å². The summed E-state index contributed by atoms with van der Waals surface area (Å²) in [5, 5.41) is 17.4. The molecule has 0 bridgehead atoms. The zero-order valence-corrected chi connectivity index (χ0v) is 8.22. The molecule has 0 radical (unpaired) electrons. The summed E-state index contributed by atoms with van der Waals surface area (Å²) in [5.74, 6) is -2.74. The smallest absolute Gasteiger partial charge is 0.408 e. The van der Waals surface area contributed by atoms with Crippen LogP contribution < -0.4 is 0 Å². The van der Waals surface area contributed by atoms with Crippen molar-refractivity contribution in [3.05, 3.63) is 12.7 Å². The first-order valence-corrected chi connectivity index (χ1v) is 4.40. The second kappa shape index (κ2) is 3.92. The molecule has 0 aromatic rings. The first kappa shape index (κ1) is 12.2. The fourth-order valence-electron chi connectivity index (χ4n) is 1.72. The average Bonchev–Trinajstić information content (AvgIpc) is 2.40. The number of aliphatic carboxylic acids is 1. The van der Waals surface area contributed by atoms with Crippen LogP contribution in [0.5, 0.6) is 0 Å². The molecule has 0 aromatic heterocycles. The van der Waals surface area contributed by atoms with E-state index in [2.05, 4.69) is 6.58 Å². The van der Waals surface area contributed by atoms with Gasteiger partial charge < -0.3 is 10.2 Å². The van der Waals surface area contributed by atoms with Crippen LogP contribution in [-0.4, -0.2) is 51.2 Å². The van der Waals surface area contributed by atoms with Gasteiger partial charge in [0.25, 0.3) is 0 Å². The van der Waals surface area contributed by atoms with Crippen molar-refractivity contribution in [1.82, 2.24) is 4.90 Å². The fraction of sp³-hybridized carbons (Fsp3) is 0.444. The van der Waals surface area contributed by atoms with Gasteiger partial charge in [0.2, 0.25) is 5.67 Å². The van der Waals surface area contributed by atoms with Gasteiger partial charge in [-0.2, -0.15) is 0 Å². The normalized spacial score (nSPS) is 29.2. The molecule has 1 rings (SSSR count). The van der Waals surface area contributed by atoms with Gasteiger partial charge in [-0.1, -0.05) is 6.08 Å². The molecule has 1 saturated heterocycles. The highest BCUT2D eigenvalue weighted by atomic mass is 19.1. The quantitative estimate of drug-likeness (QED) is 0.680. The van der Waals surface area contributed by atoms with E-state index in [1.165, 1.54) is 0 Å². The molecule has 7 heteroatoms. The van der Waals surface area contributed by atoms with Crippen LogP contribution in [0.25, 0.3) is 0 Å². The summed E-state index contributed by atoms with van der Waals surface area (Å²) in [7, 11) is 0. The highest BCUT2D eigenvalue weighted by Gasteiger charge is 2.59. The van der Waals surface area contributed by atoms with E-state index < -0.39 is 42.5 Å². The molecule has 0 spiro atoms. The Bertz CT molecular complexity index is 369. The molecule has 88 valence electrons. The summed E-state index contributed by atoms with van der Waals surface area (Å²) in [6.07, 6.45) is -1.10. The van der Waals surface area contributed by atoms with E-state index in [-0.39, 0.29) is 4.90 Å². The largest absolute Gasteiger partial charge is 0.480 e. The van der Waals surface area contributed by atoms with E-state index in [0.717, 1.165) is 6.08 Å². The minimum Gasteiger partial charge on any atom is -0.480 e. The molecule has 0 saturated carbocycles. The standard InChI is InChI=1S/C9H10FNO5/c1-2-3-9(10)5(12)4-11(8(15)16)6(9)7(13)14/h2,6H,1,3-4H2,(H,13,14)(H,15,16)/t6-,9?/m1/s1. The third kappa shape index (κ3) is 1.64. The van der Waals surface area contributed by atoms with E-state index in [9.17, 15) is 18.8 Å². The summed E-state index contributed by atoms with van der Waals surface area (Å²) in [4.78, 5) is 33.1. The molecule has 1 heterocycles. The Morgan fingerprint density at radius 3 is 2.56 bits per heavy atom. The molecule has 1 unspecified atom stereocenters. The van der Waals surface area contributed by atoms with Gasteiger partial charge in [-0.3, -0.25) is 9.69 Å². The predicted molar refractivity (Wildman–Crippen MR) is 49.8 cm³/mol. The Hall–Kier alpha value is -1.92. The minimum absolute atomic E-state index is 0.286. The number of alkyl halides is 1. The lowest BCUT2D eigenvalue weighted by Gasteiger charge is -2.24. The van der Waals surface area contributed by atoms with Gasteiger partial charge in [-0.25, -0.2) is 14.0 Å². The maximum atomic E-state index is 14.1. The third-order valence-corrected chi connectivity index (χ3v) is 2.44. The zero-order valence-electron chi connectivity index (χ0n) is 8.22. The van der Waals surface area contributed by atoms with Gasteiger partial charge in [0, 0.05) is 6.42 Å². The van der Waals surface area contributed by atoms with Gasteiger partial charge in [0.1, 0.15) is 0 Å². The number of rotatable bonds is 3. The summed E-state index contributed by atoms with van der Waals surface area (Å²) in [5.41, 5.74) is -2.72. The second-order valence-electron chi connectivity index (χ2n) is 3.43. The highest BCUT2D eigenvalue weighted by molar-refractivity contribution is 6.01. The molecule has 0 aliphatic carbocycles. The number of ketones is 1. The number of likely N-dealkylation sites (tertiary alicyclic amines) is 1. The van der Waals surface area contributed by atoms with E-state index in [0.29, 0.717) is 0 Å². The van der Waals surface area contributed by atoms with E-state index in [4.69, 9.17) is 10.2 Å². The molecule has 1 aliphatic heterocycles. The Morgan fingerprint density at radius 2 is 2.19 bits per heavy atom. The van der Waals surface area contributed by atoms with Crippen LogP contribution in [0.3, 0.4) is 0 Å². The Kier molecular flexibility index (Phi) is 2.97. The number of amides is 1. The molecule has 6 nitrogen and oxygen atoms in total. The predicted octanol–water partition coefficient (Wildman–Crippen LogP) is 0.287. The van der Waals surface area contributed by atoms with Gasteiger partial charge in [-0.05, 0) is 0 Å². The molecule has 16 heavy (non-hydrogen) atoms. The number of carboxylic acids is 1. The van der Waals surface area contributed by atoms with Crippen molar-refractivity contribution in [3.8, 4) is 0 Å². The lowest BCUT2D eigenvalue weighted by molar-refractivity contribution is -0.147. The van der Waals surface area contributed by atoms with Gasteiger partial charge in [0.05, 0.1) is 6.54 Å². The molecular formula is C9H10FNO5. The highest BCUT2D eigenvalue weighted by Crippen LogP contribution is 2.33. The molecule has 1 aliphatic rings. The molecule has 1 fully saturated rings. The number of nitrogens with zero attached hydrogens (tertiary/aromatic N) is 1. The van der Waals surface area contributed by atoms with Gasteiger partial charge in [-0.15, -0.1) is 6.58 Å². The van der Waals surface area contributed by atoms with Crippen molar-refractivity contribution >= 4 is 17.8 Å². The third-order valence-electron chi connectivity index (χ3n) is 2.44. The SMILES string of the molecule is C=CCC1(F)C(=O)CN(C(=O)O)[C@@H]1C(=O)O. The van der Waals surface area contributed by atoms with Gasteiger partial charge >= 0.3 is 12.1 Å². The fourth-order valence-corrected chi connectivity index (χ4v) is 1.72. The van der Waals surface area contributed by atoms with Crippen molar-refractivity contribution in [1.29, 1.82) is 0 Å². The second-order valence-corrected chi connectivity index (χ2v) is 3.43. The summed E-state index contributed by atoms with van der Waals surface area (Å²) in [6.45, 7) is 2.46. The van der Waals surface area contributed by atoms with Crippen LogP contribution in [-0.2, 0) is 9.59 Å². The van der Waals surface area contributed by atoms with Crippen LogP contribution in [0, 0.1) is 0 Å². The van der Waals surface area contributed by atoms with E-state index in [1.54, 1.807) is 0 Å². The number of Topliss-reactive ketones (excluding diaryl/α,β-unsaturated/α-hetero) is 1. The number of hydrogen-bond acceptors (Lipinski definition) is 3. The number of carbonyl (C=O) groups excluding carboxylic acids is 1. The van der Waals surface area contributed by atoms with Crippen molar-refractivity contribution in [2.45, 2.75) is 18.1 Å². The van der Waals surface area contributed by atoms with Crippen molar-refractivity contribution in [3.63, 3.8) is 0 Å². The Balaban J connectivity index is 3.17. The van der Waals surface area contributed by atoms with Crippen molar-refractivity contribution < 1.29 is 29.0 Å². The van der Waals surface area contributed by atoms with E-state index >= 15 is 0 Å². The van der Waals surface area contributed by atoms with Crippen molar-refractivity contribution in [2.75, 3.05) is 6.54 Å². The maximum Gasteiger partial charge on any atom is 0.408 e. The number of carbonyl (C=O) groups is 3. The maximum absolute atomic E-state index is 14.1. The first-order chi connectivity index (χ1) is 7.34. The number of carboxylic acid groups (broad SMARTS) is 2. The van der Waals surface area contributed by atoms with Gasteiger partial charge in [0.15, 0.2) is 11.8 Å². The van der Waals surface area contributed by atoms with Crippen LogP contribution in [0.1, 0.15) is 6.42 Å². The van der Waals surface area contributed by atoms with Crippen molar-refractivity contribution in [2.24, 2.45) is 0 Å². The zero-order chi connectivity index (χ0) is 12.5. The number of hydrogen-bond donors (Lipinski definition) is 2. The molecule has 2 N–H and O–H groups in total. The first-order valence-electron chi connectivity index (χ1n) is 4.40. The summed E-state index contributed by atoms with van der Waals surface area (Å²) in [6, 6.07) is -2.00. The van der Waals surface area contributed by atoms with Crippen LogP contribution in [0.4, 0.5) is 9.18 Å². The average molecular weight is 231 g/mol. The van der Waals surface area contributed by atoms with E-state index in [1.807, 2.05) is 0 Å². The molecule has 0 aromatic carbocycles. The number of halogens is 1. The molecule has 2 atom stereocenters. The lowest BCUT2D eigenvalue weighted by atomic mass is 9.92. The number of allylic oxidation sites excluding steroid dienone is 1.